The Balaban J connectivity index is 2.32. The molecule has 0 saturated carbocycles. The van der Waals surface area contributed by atoms with E-state index in [9.17, 15) is 9.90 Å². The fraction of sp³-hybridized carbons (Fsp3) is 0. The van der Waals surface area contributed by atoms with Crippen molar-refractivity contribution in [1.82, 2.24) is 5.32 Å². The number of thiocarbonyl (C=S) groups is 1. The lowest BCUT2D eigenvalue weighted by molar-refractivity contribution is -0.107. The molecule has 16 heavy (non-hydrogen) atoms. The summed E-state index contributed by atoms with van der Waals surface area (Å²) in [5.74, 6) is 0.165. The van der Waals surface area contributed by atoms with Gasteiger partial charge in [0.2, 0.25) is 5.12 Å². The number of nitrogens with one attached hydrogen (secondary N) is 1. The number of aromatic hydroxyl groups is 1. The van der Waals surface area contributed by atoms with Crippen molar-refractivity contribution in [3.63, 3.8) is 0 Å². The number of hydrogen-bond acceptors (Lipinski definition) is 4. The third kappa shape index (κ3) is 2.45. The molecule has 0 amide bonds. The largest absolute Gasteiger partial charge is 0.507 e. The molecule has 6 heteroatoms. The van der Waals surface area contributed by atoms with Crippen LogP contribution in [0.25, 0.3) is 6.08 Å². The maximum absolute atomic E-state index is 11.4. The number of benzene rings is 1. The van der Waals surface area contributed by atoms with Crippen molar-refractivity contribution in [2.75, 3.05) is 0 Å². The summed E-state index contributed by atoms with van der Waals surface area (Å²) in [4.78, 5) is 11.4. The van der Waals surface area contributed by atoms with Crippen LogP contribution in [0.4, 0.5) is 0 Å². The van der Waals surface area contributed by atoms with Crippen LogP contribution >= 0.6 is 39.9 Å². The Morgan fingerprint density at radius 2 is 2.25 bits per heavy atom. The van der Waals surface area contributed by atoms with Gasteiger partial charge < -0.3 is 10.4 Å². The van der Waals surface area contributed by atoms with Crippen molar-refractivity contribution in [1.29, 1.82) is 0 Å². The summed E-state index contributed by atoms with van der Waals surface area (Å²) in [5.41, 5.74) is 1.28. The molecular weight excluding hydrogens is 310 g/mol. The topological polar surface area (TPSA) is 49.3 Å². The second-order valence-electron chi connectivity index (χ2n) is 3.07. The number of carbonyl (C=O) groups excluding carboxylic acids is 1. The van der Waals surface area contributed by atoms with Crippen LogP contribution < -0.4 is 5.32 Å². The van der Waals surface area contributed by atoms with Crippen molar-refractivity contribution in [2.45, 2.75) is 0 Å². The smallest absolute Gasteiger partial charge is 0.242 e. The molecule has 1 heterocycles. The minimum atomic E-state index is -0.0887. The molecule has 0 atom stereocenters. The lowest BCUT2D eigenvalue weighted by Gasteiger charge is -2.00. The van der Waals surface area contributed by atoms with Gasteiger partial charge in [-0.3, -0.25) is 4.79 Å². The van der Waals surface area contributed by atoms with Crippen molar-refractivity contribution in [2.24, 2.45) is 0 Å². The highest BCUT2D eigenvalue weighted by Gasteiger charge is 2.22. The van der Waals surface area contributed by atoms with Crippen molar-refractivity contribution >= 4 is 55.4 Å². The van der Waals surface area contributed by atoms with Crippen molar-refractivity contribution in [3.05, 3.63) is 33.9 Å². The van der Waals surface area contributed by atoms with E-state index < -0.39 is 0 Å². The van der Waals surface area contributed by atoms with Gasteiger partial charge in [0.15, 0.2) is 0 Å². The predicted octanol–water partition coefficient (Wildman–Crippen LogP) is 2.64. The van der Waals surface area contributed by atoms with E-state index in [1.165, 1.54) is 0 Å². The normalized spacial score (nSPS) is 17.9. The Morgan fingerprint density at radius 1 is 1.50 bits per heavy atom. The SMILES string of the molecule is O=C1SC(=S)N/C1=C/c1ccc(O)c(Br)c1. The first-order chi connectivity index (χ1) is 7.56. The van der Waals surface area contributed by atoms with Crippen LogP contribution in [-0.2, 0) is 4.79 Å². The van der Waals surface area contributed by atoms with Crippen molar-refractivity contribution in [3.8, 4) is 5.75 Å². The summed E-state index contributed by atoms with van der Waals surface area (Å²) in [6.07, 6.45) is 1.69. The molecule has 2 N–H and O–H groups in total. The maximum atomic E-state index is 11.4. The van der Waals surface area contributed by atoms with E-state index in [-0.39, 0.29) is 10.9 Å². The van der Waals surface area contributed by atoms with Crippen LogP contribution in [0.3, 0.4) is 0 Å². The Morgan fingerprint density at radius 3 is 2.81 bits per heavy atom. The van der Waals surface area contributed by atoms with Gasteiger partial charge in [0, 0.05) is 0 Å². The van der Waals surface area contributed by atoms with Gasteiger partial charge in [-0.1, -0.05) is 18.3 Å². The molecule has 82 valence electrons. The second-order valence-corrected chi connectivity index (χ2v) is 5.58. The van der Waals surface area contributed by atoms with Gasteiger partial charge >= 0.3 is 0 Å². The first-order valence-electron chi connectivity index (χ1n) is 4.29. The standard InChI is InChI=1S/C10H6BrNO2S2/c11-6-3-5(1-2-8(6)13)4-7-9(14)16-10(15)12-7/h1-4,13H,(H,12,15)/b7-4+. The summed E-state index contributed by atoms with van der Waals surface area (Å²) >= 11 is 9.09. The molecule has 0 aliphatic carbocycles. The van der Waals surface area contributed by atoms with Crippen LogP contribution in [0.15, 0.2) is 28.4 Å². The molecule has 3 nitrogen and oxygen atoms in total. The quantitative estimate of drug-likeness (QED) is 0.616. The Bertz CT molecular complexity index is 514. The highest BCUT2D eigenvalue weighted by Crippen LogP contribution is 2.26. The van der Waals surface area contributed by atoms with E-state index in [1.54, 1.807) is 24.3 Å². The number of phenolic OH excluding ortho intramolecular Hbond substituents is 1. The number of halogens is 1. The molecule has 0 bridgehead atoms. The predicted molar refractivity (Wildman–Crippen MR) is 72.1 cm³/mol. The van der Waals surface area contributed by atoms with Gasteiger partial charge in [0.05, 0.1) is 10.2 Å². The molecule has 1 saturated heterocycles. The van der Waals surface area contributed by atoms with Gasteiger partial charge in [-0.15, -0.1) is 0 Å². The molecule has 1 aromatic rings. The second kappa shape index (κ2) is 4.57. The highest BCUT2D eigenvalue weighted by atomic mass is 79.9. The van der Waals surface area contributed by atoms with Crippen LogP contribution in [0.5, 0.6) is 5.75 Å². The van der Waals surface area contributed by atoms with E-state index in [4.69, 9.17) is 12.2 Å². The van der Waals surface area contributed by atoms with E-state index in [1.807, 2.05) is 0 Å². The molecule has 1 fully saturated rings. The first kappa shape index (κ1) is 11.6. The van der Waals surface area contributed by atoms with Gasteiger partial charge in [-0.25, -0.2) is 0 Å². The number of thioether (sulfide) groups is 1. The average molecular weight is 316 g/mol. The lowest BCUT2D eigenvalue weighted by Crippen LogP contribution is -2.09. The zero-order valence-electron chi connectivity index (χ0n) is 7.86. The van der Waals surface area contributed by atoms with Crippen LogP contribution in [0, 0.1) is 0 Å². The molecular formula is C10H6BrNO2S2. The van der Waals surface area contributed by atoms with E-state index >= 15 is 0 Å². The Labute approximate surface area is 110 Å². The Kier molecular flexibility index (Phi) is 3.32. The number of phenols is 1. The van der Waals surface area contributed by atoms with Crippen LogP contribution in [0.2, 0.25) is 0 Å². The fourth-order valence-electron chi connectivity index (χ4n) is 1.20. The molecule has 1 aliphatic rings. The maximum Gasteiger partial charge on any atom is 0.242 e. The first-order valence-corrected chi connectivity index (χ1v) is 6.31. The molecule has 0 aromatic heterocycles. The minimum Gasteiger partial charge on any atom is -0.507 e. The number of hydrogen-bond donors (Lipinski definition) is 2. The summed E-state index contributed by atoms with van der Waals surface area (Å²) in [7, 11) is 0. The molecule has 0 spiro atoms. The average Bonchev–Trinajstić information content (AvgIpc) is 2.51. The molecule has 0 unspecified atom stereocenters. The molecule has 2 rings (SSSR count). The van der Waals surface area contributed by atoms with Crippen LogP contribution in [-0.4, -0.2) is 14.5 Å². The Hall–Kier alpha value is -0.850. The summed E-state index contributed by atoms with van der Waals surface area (Å²) in [6, 6.07) is 5.00. The summed E-state index contributed by atoms with van der Waals surface area (Å²) in [6.45, 7) is 0. The van der Waals surface area contributed by atoms with E-state index in [0.29, 0.717) is 14.5 Å². The van der Waals surface area contributed by atoms with E-state index in [2.05, 4.69) is 21.2 Å². The third-order valence-electron chi connectivity index (χ3n) is 1.92. The van der Waals surface area contributed by atoms with Gasteiger partial charge in [0.25, 0.3) is 0 Å². The minimum absolute atomic E-state index is 0.0887. The zero-order valence-corrected chi connectivity index (χ0v) is 11.1. The van der Waals surface area contributed by atoms with Crippen molar-refractivity contribution < 1.29 is 9.90 Å². The van der Waals surface area contributed by atoms with E-state index in [0.717, 1.165) is 17.3 Å². The monoisotopic (exact) mass is 315 g/mol. The highest BCUT2D eigenvalue weighted by molar-refractivity contribution is 9.10. The fourth-order valence-corrected chi connectivity index (χ4v) is 2.48. The summed E-state index contributed by atoms with van der Waals surface area (Å²) < 4.78 is 1.05. The van der Waals surface area contributed by atoms with Crippen LogP contribution in [0.1, 0.15) is 5.56 Å². The van der Waals surface area contributed by atoms with Gasteiger partial charge in [-0.2, -0.15) is 0 Å². The van der Waals surface area contributed by atoms with Gasteiger partial charge in [-0.05, 0) is 51.5 Å². The molecule has 1 aliphatic heterocycles. The summed E-state index contributed by atoms with van der Waals surface area (Å²) in [5, 5.41) is 12.0. The number of rotatable bonds is 1. The van der Waals surface area contributed by atoms with Gasteiger partial charge in [0.1, 0.15) is 10.1 Å². The zero-order chi connectivity index (χ0) is 11.7. The molecule has 1 aromatic carbocycles. The lowest BCUT2D eigenvalue weighted by atomic mass is 10.2. The third-order valence-corrected chi connectivity index (χ3v) is 3.60. The number of carbonyl (C=O) groups is 1. The molecule has 0 radical (unpaired) electrons.